The first kappa shape index (κ1) is 21.7. The van der Waals surface area contributed by atoms with Gasteiger partial charge >= 0.3 is 5.97 Å². The molecule has 3 aromatic carbocycles. The lowest BCUT2D eigenvalue weighted by molar-refractivity contribution is -0.136. The summed E-state index contributed by atoms with van der Waals surface area (Å²) in [6, 6.07) is 16.7. The number of esters is 1. The third-order valence-corrected chi connectivity index (χ3v) is 4.78. The smallest absolute Gasteiger partial charge is 0.349 e. The van der Waals surface area contributed by atoms with Crippen LogP contribution in [0.5, 0.6) is 11.5 Å². The quantitative estimate of drug-likeness (QED) is 0.383. The van der Waals surface area contributed by atoms with Gasteiger partial charge in [0.25, 0.3) is 5.91 Å². The highest BCUT2D eigenvalue weighted by Crippen LogP contribution is 2.26. The molecule has 30 heavy (non-hydrogen) atoms. The molecule has 1 amide bonds. The second-order valence-electron chi connectivity index (χ2n) is 6.63. The summed E-state index contributed by atoms with van der Waals surface area (Å²) in [5.74, 6) is 0.0367. The maximum absolute atomic E-state index is 12.4. The summed E-state index contributed by atoms with van der Waals surface area (Å²) in [5.41, 5.74) is 2.76. The first-order valence-electron chi connectivity index (χ1n) is 9.09. The second kappa shape index (κ2) is 9.65. The Kier molecular flexibility index (Phi) is 6.98. The zero-order valence-corrected chi connectivity index (χ0v) is 17.9. The number of carbonyl (C=O) groups excluding carboxylic acids is 2. The van der Waals surface area contributed by atoms with Gasteiger partial charge in [0.2, 0.25) is 0 Å². The molecule has 154 valence electrons. The highest BCUT2D eigenvalue weighted by atomic mass is 35.5. The Hall–Kier alpha value is -3.02. The van der Waals surface area contributed by atoms with Crippen molar-refractivity contribution >= 4 is 40.8 Å². The van der Waals surface area contributed by atoms with E-state index in [4.69, 9.17) is 32.7 Å². The molecule has 5 nitrogen and oxygen atoms in total. The van der Waals surface area contributed by atoms with Crippen molar-refractivity contribution in [2.75, 3.05) is 11.9 Å². The van der Waals surface area contributed by atoms with Gasteiger partial charge in [-0.05, 0) is 73.5 Å². The molecule has 0 aliphatic carbocycles. The molecule has 0 saturated carbocycles. The van der Waals surface area contributed by atoms with Crippen LogP contribution in [0.3, 0.4) is 0 Å². The maximum Gasteiger partial charge on any atom is 0.349 e. The molecule has 0 aliphatic rings. The number of amides is 1. The zero-order valence-electron chi connectivity index (χ0n) is 16.4. The minimum Gasteiger partial charge on any atom is -0.482 e. The lowest BCUT2D eigenvalue weighted by Crippen LogP contribution is -2.18. The van der Waals surface area contributed by atoms with E-state index in [0.717, 1.165) is 11.1 Å². The average molecular weight is 444 g/mol. The van der Waals surface area contributed by atoms with Gasteiger partial charge in [-0.1, -0.05) is 35.3 Å². The lowest BCUT2D eigenvalue weighted by Gasteiger charge is -2.10. The van der Waals surface area contributed by atoms with Crippen LogP contribution in [0.15, 0.2) is 60.7 Å². The van der Waals surface area contributed by atoms with Crippen molar-refractivity contribution in [2.45, 2.75) is 13.8 Å². The minimum absolute atomic E-state index is 0.222. The number of carbonyl (C=O) groups is 2. The largest absolute Gasteiger partial charge is 0.482 e. The first-order chi connectivity index (χ1) is 14.3. The van der Waals surface area contributed by atoms with Crippen LogP contribution in [-0.2, 0) is 4.79 Å². The molecule has 0 heterocycles. The molecule has 0 spiro atoms. The van der Waals surface area contributed by atoms with Crippen LogP contribution >= 0.6 is 23.2 Å². The van der Waals surface area contributed by atoms with E-state index in [9.17, 15) is 9.59 Å². The van der Waals surface area contributed by atoms with Crippen molar-refractivity contribution in [3.8, 4) is 11.5 Å². The molecule has 0 atom stereocenters. The van der Waals surface area contributed by atoms with E-state index in [1.807, 2.05) is 32.0 Å². The van der Waals surface area contributed by atoms with E-state index in [-0.39, 0.29) is 12.5 Å². The topological polar surface area (TPSA) is 64.6 Å². The number of ether oxygens (including phenoxy) is 2. The van der Waals surface area contributed by atoms with E-state index >= 15 is 0 Å². The zero-order chi connectivity index (χ0) is 21.7. The van der Waals surface area contributed by atoms with Gasteiger partial charge in [0.05, 0.1) is 10.7 Å². The van der Waals surface area contributed by atoms with Crippen molar-refractivity contribution in [3.63, 3.8) is 0 Å². The van der Waals surface area contributed by atoms with Crippen LogP contribution in [0, 0.1) is 13.8 Å². The summed E-state index contributed by atoms with van der Waals surface area (Å²) in [6.07, 6.45) is 0. The molecule has 0 unspecified atom stereocenters. The van der Waals surface area contributed by atoms with Gasteiger partial charge in [-0.15, -0.1) is 0 Å². The van der Waals surface area contributed by atoms with Crippen molar-refractivity contribution in [1.29, 1.82) is 0 Å². The fraction of sp³-hybridized carbons (Fsp3) is 0.130. The van der Waals surface area contributed by atoms with Crippen molar-refractivity contribution in [2.24, 2.45) is 0 Å². The molecule has 7 heteroatoms. The third-order valence-electron chi connectivity index (χ3n) is 4.21. The Morgan fingerprint density at radius 2 is 1.67 bits per heavy atom. The van der Waals surface area contributed by atoms with Crippen LogP contribution in [0.2, 0.25) is 10.0 Å². The fourth-order valence-corrected chi connectivity index (χ4v) is 2.96. The molecule has 0 fully saturated rings. The van der Waals surface area contributed by atoms with Crippen LogP contribution in [0.4, 0.5) is 5.69 Å². The van der Waals surface area contributed by atoms with Gasteiger partial charge in [-0.3, -0.25) is 4.79 Å². The van der Waals surface area contributed by atoms with E-state index in [2.05, 4.69) is 5.32 Å². The monoisotopic (exact) mass is 443 g/mol. The molecular formula is C23H19Cl2NO4. The molecular weight excluding hydrogens is 425 g/mol. The molecule has 0 aliphatic heterocycles. The highest BCUT2D eigenvalue weighted by molar-refractivity contribution is 6.35. The standard InChI is InChI=1S/C23H19Cl2NO4/c1-14-3-4-15(2)21(11-14)29-13-22(27)30-18-8-5-16(6-9-18)23(28)26-20-12-17(24)7-10-19(20)25/h3-12H,13H2,1-2H3,(H,26,28). The Balaban J connectivity index is 1.57. The number of anilines is 1. The normalized spacial score (nSPS) is 10.4. The summed E-state index contributed by atoms with van der Waals surface area (Å²) in [5, 5.41) is 3.53. The van der Waals surface area contributed by atoms with Gasteiger partial charge < -0.3 is 14.8 Å². The van der Waals surface area contributed by atoms with Crippen LogP contribution in [0.25, 0.3) is 0 Å². The Morgan fingerprint density at radius 3 is 2.40 bits per heavy atom. The summed E-state index contributed by atoms with van der Waals surface area (Å²) >= 11 is 12.0. The number of aryl methyl sites for hydroxylation is 2. The number of rotatable bonds is 6. The van der Waals surface area contributed by atoms with Crippen LogP contribution < -0.4 is 14.8 Å². The summed E-state index contributed by atoms with van der Waals surface area (Å²) in [7, 11) is 0. The van der Waals surface area contributed by atoms with Gasteiger partial charge in [0.1, 0.15) is 11.5 Å². The van der Waals surface area contributed by atoms with E-state index in [1.165, 1.54) is 12.1 Å². The number of nitrogens with one attached hydrogen (secondary N) is 1. The lowest BCUT2D eigenvalue weighted by atomic mass is 10.1. The van der Waals surface area contributed by atoms with Gasteiger partial charge in [-0.25, -0.2) is 4.79 Å². The van der Waals surface area contributed by atoms with E-state index < -0.39 is 5.97 Å². The van der Waals surface area contributed by atoms with Crippen LogP contribution in [0.1, 0.15) is 21.5 Å². The molecule has 0 bridgehead atoms. The molecule has 3 rings (SSSR count). The SMILES string of the molecule is Cc1ccc(C)c(OCC(=O)Oc2ccc(C(=O)Nc3cc(Cl)ccc3Cl)cc2)c1. The van der Waals surface area contributed by atoms with Gasteiger partial charge in [0.15, 0.2) is 6.61 Å². The first-order valence-corrected chi connectivity index (χ1v) is 9.84. The fourth-order valence-electron chi connectivity index (χ4n) is 2.62. The molecule has 1 N–H and O–H groups in total. The predicted molar refractivity (Wildman–Crippen MR) is 118 cm³/mol. The molecule has 0 saturated heterocycles. The molecule has 3 aromatic rings. The van der Waals surface area contributed by atoms with Crippen molar-refractivity contribution in [1.82, 2.24) is 0 Å². The van der Waals surface area contributed by atoms with Gasteiger partial charge in [0, 0.05) is 10.6 Å². The summed E-state index contributed by atoms with van der Waals surface area (Å²) in [4.78, 5) is 24.4. The Bertz CT molecular complexity index is 1080. The van der Waals surface area contributed by atoms with Crippen molar-refractivity contribution in [3.05, 3.63) is 87.4 Å². The van der Waals surface area contributed by atoms with Crippen molar-refractivity contribution < 1.29 is 19.1 Å². The molecule has 0 aromatic heterocycles. The highest BCUT2D eigenvalue weighted by Gasteiger charge is 2.11. The maximum atomic E-state index is 12.4. The van der Waals surface area contributed by atoms with Crippen LogP contribution in [-0.4, -0.2) is 18.5 Å². The predicted octanol–water partition coefficient (Wildman–Crippen LogP) is 5.85. The average Bonchev–Trinajstić information content (AvgIpc) is 2.72. The Morgan fingerprint density at radius 1 is 0.933 bits per heavy atom. The minimum atomic E-state index is -0.543. The summed E-state index contributed by atoms with van der Waals surface area (Å²) in [6.45, 7) is 3.63. The Labute approximate surface area is 184 Å². The number of benzene rings is 3. The summed E-state index contributed by atoms with van der Waals surface area (Å²) < 4.78 is 10.8. The van der Waals surface area contributed by atoms with Gasteiger partial charge in [-0.2, -0.15) is 0 Å². The number of hydrogen-bond donors (Lipinski definition) is 1. The second-order valence-corrected chi connectivity index (χ2v) is 7.48. The number of halogens is 2. The van der Waals surface area contributed by atoms with E-state index in [0.29, 0.717) is 32.8 Å². The third kappa shape index (κ3) is 5.75. The van der Waals surface area contributed by atoms with E-state index in [1.54, 1.807) is 30.3 Å². The number of hydrogen-bond acceptors (Lipinski definition) is 4. The molecule has 0 radical (unpaired) electrons.